The van der Waals surface area contributed by atoms with Crippen LogP contribution in [0.3, 0.4) is 0 Å². The Hall–Kier alpha value is -3.27. The summed E-state index contributed by atoms with van der Waals surface area (Å²) in [6.45, 7) is 0. The van der Waals surface area contributed by atoms with Gasteiger partial charge in [-0.3, -0.25) is 4.79 Å². The Morgan fingerprint density at radius 3 is 1.76 bits per heavy atom. The minimum atomic E-state index is -0.0127. The summed E-state index contributed by atoms with van der Waals surface area (Å²) in [5.74, 6) is 2.85. The normalized spacial score (nSPS) is 14.7. The summed E-state index contributed by atoms with van der Waals surface area (Å²) in [5.41, 5.74) is 3.89. The van der Waals surface area contributed by atoms with Crippen LogP contribution in [0.1, 0.15) is 11.1 Å². The number of methoxy groups -OCH3 is 2. The summed E-state index contributed by atoms with van der Waals surface area (Å²) in [6.07, 6.45) is 6.82. The first-order chi connectivity index (χ1) is 12.2. The van der Waals surface area contributed by atoms with Crippen LogP contribution < -0.4 is 14.2 Å². The van der Waals surface area contributed by atoms with E-state index < -0.39 is 0 Å². The monoisotopic (exact) mass is 332 g/mol. The number of hydrogen-bond donors (Lipinski definition) is 0. The van der Waals surface area contributed by atoms with Gasteiger partial charge in [0.1, 0.15) is 23.0 Å². The van der Waals surface area contributed by atoms with Crippen LogP contribution in [-0.2, 0) is 4.79 Å². The third-order valence-corrected chi connectivity index (χ3v) is 4.28. The van der Waals surface area contributed by atoms with Crippen LogP contribution in [0.4, 0.5) is 0 Å². The predicted molar refractivity (Wildman–Crippen MR) is 95.4 cm³/mol. The highest BCUT2D eigenvalue weighted by molar-refractivity contribution is 6.03. The van der Waals surface area contributed by atoms with Crippen LogP contribution in [0.5, 0.6) is 23.0 Å². The Bertz CT molecular complexity index is 890. The van der Waals surface area contributed by atoms with Crippen molar-refractivity contribution in [3.63, 3.8) is 0 Å². The highest BCUT2D eigenvalue weighted by Gasteiger charge is 2.25. The first-order valence-electron chi connectivity index (χ1n) is 7.88. The minimum Gasteiger partial charge on any atom is -0.497 e. The molecule has 0 bridgehead atoms. The number of carbonyl (C=O) groups is 1. The summed E-state index contributed by atoms with van der Waals surface area (Å²) in [7, 11) is 3.25. The quantitative estimate of drug-likeness (QED) is 0.701. The van der Waals surface area contributed by atoms with E-state index in [1.54, 1.807) is 26.4 Å². The number of allylic oxidation sites excluding steroid dienone is 5. The molecule has 2 aliphatic rings. The lowest BCUT2D eigenvalue weighted by Gasteiger charge is -2.25. The van der Waals surface area contributed by atoms with Crippen molar-refractivity contribution in [1.29, 1.82) is 0 Å². The first kappa shape index (κ1) is 15.3. The molecule has 25 heavy (non-hydrogen) atoms. The van der Waals surface area contributed by atoms with Crippen LogP contribution in [0.15, 0.2) is 66.3 Å². The van der Waals surface area contributed by atoms with Gasteiger partial charge in [0.2, 0.25) is 0 Å². The van der Waals surface area contributed by atoms with Crippen molar-refractivity contribution in [2.24, 2.45) is 0 Å². The fraction of sp³-hybridized carbons (Fsp3) is 0.0952. The average Bonchev–Trinajstić information content (AvgIpc) is 2.66. The van der Waals surface area contributed by atoms with Gasteiger partial charge < -0.3 is 14.2 Å². The lowest BCUT2D eigenvalue weighted by atomic mass is 9.88. The average molecular weight is 332 g/mol. The predicted octanol–water partition coefficient (Wildman–Crippen LogP) is 4.31. The highest BCUT2D eigenvalue weighted by Crippen LogP contribution is 2.47. The van der Waals surface area contributed by atoms with Crippen molar-refractivity contribution in [3.8, 4) is 23.0 Å². The van der Waals surface area contributed by atoms with E-state index >= 15 is 0 Å². The maximum Gasteiger partial charge on any atom is 0.178 e. The molecule has 124 valence electrons. The molecule has 4 rings (SSSR count). The Morgan fingerprint density at radius 2 is 1.28 bits per heavy atom. The van der Waals surface area contributed by atoms with Crippen molar-refractivity contribution < 1.29 is 19.0 Å². The second-order valence-electron chi connectivity index (χ2n) is 5.73. The third-order valence-electron chi connectivity index (χ3n) is 4.28. The van der Waals surface area contributed by atoms with Crippen molar-refractivity contribution in [3.05, 3.63) is 77.4 Å². The summed E-state index contributed by atoms with van der Waals surface area (Å²) in [4.78, 5) is 11.5. The van der Waals surface area contributed by atoms with Gasteiger partial charge in [0.25, 0.3) is 0 Å². The molecule has 0 aromatic heterocycles. The molecule has 0 fully saturated rings. The summed E-state index contributed by atoms with van der Waals surface area (Å²) >= 11 is 0. The van der Waals surface area contributed by atoms with E-state index in [2.05, 4.69) is 0 Å². The molecule has 0 spiro atoms. The molecule has 0 unspecified atom stereocenters. The number of hydrogen-bond acceptors (Lipinski definition) is 4. The Morgan fingerprint density at radius 1 is 0.760 bits per heavy atom. The third kappa shape index (κ3) is 2.62. The van der Waals surface area contributed by atoms with Gasteiger partial charge in [-0.2, -0.15) is 0 Å². The van der Waals surface area contributed by atoms with E-state index in [1.165, 1.54) is 0 Å². The Balaban J connectivity index is 1.97. The summed E-state index contributed by atoms with van der Waals surface area (Å²) in [6, 6.07) is 11.5. The van der Waals surface area contributed by atoms with E-state index in [0.29, 0.717) is 11.5 Å². The van der Waals surface area contributed by atoms with E-state index in [1.807, 2.05) is 48.6 Å². The van der Waals surface area contributed by atoms with Gasteiger partial charge in [0.05, 0.1) is 14.2 Å². The van der Waals surface area contributed by atoms with Gasteiger partial charge in [-0.25, -0.2) is 0 Å². The lowest BCUT2D eigenvalue weighted by molar-refractivity contribution is -0.110. The summed E-state index contributed by atoms with van der Waals surface area (Å²) < 4.78 is 16.7. The van der Waals surface area contributed by atoms with Crippen LogP contribution in [-0.4, -0.2) is 20.0 Å². The van der Waals surface area contributed by atoms with Crippen LogP contribution in [0, 0.1) is 0 Å². The lowest BCUT2D eigenvalue weighted by Crippen LogP contribution is -2.06. The largest absolute Gasteiger partial charge is 0.497 e. The smallest absolute Gasteiger partial charge is 0.178 e. The fourth-order valence-electron chi connectivity index (χ4n) is 3.04. The molecule has 4 nitrogen and oxygen atoms in total. The van der Waals surface area contributed by atoms with Crippen molar-refractivity contribution in [1.82, 2.24) is 0 Å². The van der Waals surface area contributed by atoms with E-state index in [-0.39, 0.29) is 5.78 Å². The topological polar surface area (TPSA) is 44.8 Å². The molecule has 4 heteroatoms. The van der Waals surface area contributed by atoms with Gasteiger partial charge >= 0.3 is 0 Å². The van der Waals surface area contributed by atoms with Gasteiger partial charge in [-0.05, 0) is 42.0 Å². The van der Waals surface area contributed by atoms with Crippen molar-refractivity contribution in [2.75, 3.05) is 14.2 Å². The van der Waals surface area contributed by atoms with Gasteiger partial charge in [-0.1, -0.05) is 12.2 Å². The fourth-order valence-corrected chi connectivity index (χ4v) is 3.04. The molecule has 0 N–H and O–H groups in total. The number of ketones is 1. The van der Waals surface area contributed by atoms with Gasteiger partial charge in [0, 0.05) is 28.8 Å². The number of ether oxygens (including phenoxy) is 3. The molecule has 0 radical (unpaired) electrons. The van der Waals surface area contributed by atoms with Gasteiger partial charge in [0.15, 0.2) is 5.78 Å². The molecule has 1 heterocycles. The molecular formula is C21H16O4. The SMILES string of the molecule is COc1ccc2c(c1)Oc1cc(OC)ccc1C2=C1C=CC(=O)C=C1. The number of fused-ring (bicyclic) bond motifs is 2. The molecular weight excluding hydrogens is 316 g/mol. The van der Waals surface area contributed by atoms with E-state index in [0.717, 1.165) is 33.8 Å². The molecule has 2 aromatic carbocycles. The molecule has 0 amide bonds. The number of benzene rings is 2. The molecule has 1 aliphatic carbocycles. The maximum atomic E-state index is 11.5. The van der Waals surface area contributed by atoms with Crippen LogP contribution >= 0.6 is 0 Å². The Kier molecular flexibility index (Phi) is 3.65. The zero-order valence-corrected chi connectivity index (χ0v) is 13.9. The van der Waals surface area contributed by atoms with Crippen molar-refractivity contribution in [2.45, 2.75) is 0 Å². The maximum absolute atomic E-state index is 11.5. The van der Waals surface area contributed by atoms with E-state index in [4.69, 9.17) is 14.2 Å². The number of carbonyl (C=O) groups excluding carboxylic acids is 1. The second kappa shape index (κ2) is 5.98. The molecule has 0 saturated heterocycles. The number of rotatable bonds is 2. The van der Waals surface area contributed by atoms with Crippen molar-refractivity contribution >= 4 is 11.4 Å². The van der Waals surface area contributed by atoms with Gasteiger partial charge in [-0.15, -0.1) is 0 Å². The second-order valence-corrected chi connectivity index (χ2v) is 5.73. The first-order valence-corrected chi connectivity index (χ1v) is 7.88. The molecule has 0 saturated carbocycles. The van der Waals surface area contributed by atoms with Crippen LogP contribution in [0.25, 0.3) is 5.57 Å². The minimum absolute atomic E-state index is 0.0127. The zero-order valence-electron chi connectivity index (χ0n) is 13.9. The van der Waals surface area contributed by atoms with Crippen LogP contribution in [0.2, 0.25) is 0 Å². The standard InChI is InChI=1S/C21H16O4/c1-23-15-7-9-17-19(11-15)25-20-12-16(24-2)8-10-18(20)21(17)13-3-5-14(22)6-4-13/h3-12H,1-2H3. The summed E-state index contributed by atoms with van der Waals surface area (Å²) in [5, 5.41) is 0. The zero-order chi connectivity index (χ0) is 17.4. The molecule has 1 aliphatic heterocycles. The van der Waals surface area contributed by atoms with E-state index in [9.17, 15) is 4.79 Å². The Labute approximate surface area is 145 Å². The molecule has 0 atom stereocenters. The highest BCUT2D eigenvalue weighted by atomic mass is 16.5. The molecule has 2 aromatic rings.